The van der Waals surface area contributed by atoms with Gasteiger partial charge in [-0.3, -0.25) is 4.79 Å². The number of benzene rings is 3. The van der Waals surface area contributed by atoms with Gasteiger partial charge in [-0.1, -0.05) is 70.7 Å². The van der Waals surface area contributed by atoms with Crippen molar-refractivity contribution in [3.8, 4) is 0 Å². The van der Waals surface area contributed by atoms with E-state index < -0.39 is 17.9 Å². The van der Waals surface area contributed by atoms with Crippen LogP contribution >= 0.6 is 23.2 Å². The quantitative estimate of drug-likeness (QED) is 0.301. The summed E-state index contributed by atoms with van der Waals surface area (Å²) in [4.78, 5) is 29.3. The second-order valence-corrected chi connectivity index (χ2v) is 9.16. The van der Waals surface area contributed by atoms with Crippen molar-refractivity contribution < 1.29 is 14.3 Å². The van der Waals surface area contributed by atoms with Gasteiger partial charge in [0.05, 0.1) is 10.6 Å². The van der Waals surface area contributed by atoms with Crippen LogP contribution in [0.5, 0.6) is 0 Å². The molecule has 2 N–H and O–H groups in total. The van der Waals surface area contributed by atoms with E-state index in [1.807, 2.05) is 56.4 Å². The van der Waals surface area contributed by atoms with Crippen LogP contribution in [0.1, 0.15) is 32.6 Å². The number of carbonyl (C=O) groups is 2. The molecule has 0 radical (unpaired) electrons. The second-order valence-electron chi connectivity index (χ2n) is 8.32. The molecular formula is C27H24Cl2N2O3. The number of hydrogen-bond acceptors (Lipinski definition) is 3. The van der Waals surface area contributed by atoms with Gasteiger partial charge in [-0.05, 0) is 49.2 Å². The van der Waals surface area contributed by atoms with Crippen molar-refractivity contribution in [2.24, 2.45) is 0 Å². The zero-order chi connectivity index (χ0) is 24.2. The summed E-state index contributed by atoms with van der Waals surface area (Å²) in [5.74, 6) is -1.00. The van der Waals surface area contributed by atoms with Gasteiger partial charge in [-0.15, -0.1) is 0 Å². The zero-order valence-electron chi connectivity index (χ0n) is 18.8. The highest BCUT2D eigenvalue weighted by Crippen LogP contribution is 2.23. The minimum Gasteiger partial charge on any atom is -0.459 e. The molecule has 0 saturated heterocycles. The molecule has 0 aliphatic heterocycles. The summed E-state index contributed by atoms with van der Waals surface area (Å²) in [6.45, 7) is 4.10. The van der Waals surface area contributed by atoms with Crippen molar-refractivity contribution in [2.75, 3.05) is 0 Å². The third-order valence-corrected chi connectivity index (χ3v) is 6.07. The van der Waals surface area contributed by atoms with Crippen molar-refractivity contribution in [3.63, 3.8) is 0 Å². The Kier molecular flexibility index (Phi) is 7.25. The molecule has 1 atom stereocenters. The Morgan fingerprint density at radius 2 is 1.74 bits per heavy atom. The van der Waals surface area contributed by atoms with E-state index in [4.69, 9.17) is 27.9 Å². The number of H-pyrrole nitrogens is 1. The molecule has 7 heteroatoms. The van der Waals surface area contributed by atoms with Crippen molar-refractivity contribution in [3.05, 3.63) is 105 Å². The molecule has 0 spiro atoms. The van der Waals surface area contributed by atoms with Crippen LogP contribution < -0.4 is 5.32 Å². The van der Waals surface area contributed by atoms with Gasteiger partial charge in [0, 0.05) is 28.5 Å². The number of halogens is 2. The van der Waals surface area contributed by atoms with Gasteiger partial charge < -0.3 is 15.0 Å². The fourth-order valence-electron chi connectivity index (χ4n) is 4.03. The Morgan fingerprint density at radius 3 is 2.47 bits per heavy atom. The predicted molar refractivity (Wildman–Crippen MR) is 135 cm³/mol. The van der Waals surface area contributed by atoms with Crippen LogP contribution in [-0.2, 0) is 22.6 Å². The molecule has 3 aromatic carbocycles. The van der Waals surface area contributed by atoms with Crippen LogP contribution in [0.25, 0.3) is 10.9 Å². The molecule has 4 rings (SSSR count). The molecule has 174 valence electrons. The molecule has 4 aromatic rings. The Bertz CT molecular complexity index is 1340. The van der Waals surface area contributed by atoms with E-state index in [0.717, 1.165) is 33.2 Å². The number of ether oxygens (including phenoxy) is 1. The number of carbonyl (C=O) groups excluding carboxylic acids is 2. The number of rotatable bonds is 7. The number of nitrogens with one attached hydrogen (secondary N) is 2. The van der Waals surface area contributed by atoms with Gasteiger partial charge in [0.15, 0.2) is 0 Å². The van der Waals surface area contributed by atoms with Gasteiger partial charge in [-0.2, -0.15) is 0 Å². The summed E-state index contributed by atoms with van der Waals surface area (Å²) in [6, 6.07) is 17.5. The highest BCUT2D eigenvalue weighted by Gasteiger charge is 2.25. The average Bonchev–Trinajstić information content (AvgIpc) is 3.19. The minimum absolute atomic E-state index is 0.114. The molecule has 1 amide bonds. The van der Waals surface area contributed by atoms with E-state index in [1.165, 1.54) is 12.1 Å². The highest BCUT2D eigenvalue weighted by molar-refractivity contribution is 6.36. The number of aromatic nitrogens is 1. The highest BCUT2D eigenvalue weighted by atomic mass is 35.5. The van der Waals surface area contributed by atoms with Gasteiger partial charge in [-0.25, -0.2) is 4.79 Å². The third-order valence-electron chi connectivity index (χ3n) is 5.53. The summed E-state index contributed by atoms with van der Waals surface area (Å²) in [6.07, 6.45) is 2.10. The minimum atomic E-state index is -0.913. The molecule has 0 bridgehead atoms. The molecule has 1 heterocycles. The normalized spacial score (nSPS) is 11.9. The summed E-state index contributed by atoms with van der Waals surface area (Å²) < 4.78 is 5.63. The van der Waals surface area contributed by atoms with E-state index in [-0.39, 0.29) is 23.6 Å². The van der Waals surface area contributed by atoms with Gasteiger partial charge in [0.2, 0.25) is 0 Å². The molecule has 34 heavy (non-hydrogen) atoms. The fourth-order valence-corrected chi connectivity index (χ4v) is 4.53. The van der Waals surface area contributed by atoms with E-state index in [2.05, 4.69) is 16.4 Å². The number of aromatic amines is 1. The molecule has 0 aliphatic rings. The average molecular weight is 495 g/mol. The number of esters is 1. The predicted octanol–water partition coefficient (Wildman–Crippen LogP) is 6.18. The second kappa shape index (κ2) is 10.3. The Balaban J connectivity index is 1.57. The molecule has 0 fully saturated rings. The van der Waals surface area contributed by atoms with Crippen molar-refractivity contribution in [1.29, 1.82) is 0 Å². The zero-order valence-corrected chi connectivity index (χ0v) is 20.3. The largest absolute Gasteiger partial charge is 0.459 e. The van der Waals surface area contributed by atoms with E-state index in [1.54, 1.807) is 6.07 Å². The van der Waals surface area contributed by atoms with Crippen molar-refractivity contribution >= 4 is 46.0 Å². The van der Waals surface area contributed by atoms with Crippen LogP contribution in [0.15, 0.2) is 66.9 Å². The lowest BCUT2D eigenvalue weighted by Gasteiger charge is -2.18. The summed E-state index contributed by atoms with van der Waals surface area (Å²) in [7, 11) is 0. The van der Waals surface area contributed by atoms with E-state index in [0.29, 0.717) is 5.02 Å². The first-order valence-corrected chi connectivity index (χ1v) is 11.6. The number of aryl methyl sites for hydroxylation is 2. The first kappa shape index (κ1) is 23.9. The molecule has 1 aromatic heterocycles. The number of amides is 1. The fraction of sp³-hybridized carbons (Fsp3) is 0.185. The van der Waals surface area contributed by atoms with Gasteiger partial charge in [0.25, 0.3) is 5.91 Å². The molecule has 0 aliphatic carbocycles. The van der Waals surface area contributed by atoms with Crippen molar-refractivity contribution in [2.45, 2.75) is 32.9 Å². The van der Waals surface area contributed by atoms with Crippen LogP contribution in [0, 0.1) is 13.8 Å². The van der Waals surface area contributed by atoms with E-state index in [9.17, 15) is 9.59 Å². The molecule has 5 nitrogen and oxygen atoms in total. The molecule has 0 saturated carbocycles. The van der Waals surface area contributed by atoms with Crippen LogP contribution in [0.3, 0.4) is 0 Å². The first-order valence-electron chi connectivity index (χ1n) is 10.8. The van der Waals surface area contributed by atoms with Gasteiger partial charge >= 0.3 is 5.97 Å². The first-order chi connectivity index (χ1) is 16.3. The summed E-state index contributed by atoms with van der Waals surface area (Å²) >= 11 is 12.2. The summed E-state index contributed by atoms with van der Waals surface area (Å²) in [5.41, 5.74) is 5.15. The maximum absolute atomic E-state index is 13.2. The lowest BCUT2D eigenvalue weighted by atomic mass is 10.0. The number of para-hydroxylation sites is 1. The maximum Gasteiger partial charge on any atom is 0.329 e. The lowest BCUT2D eigenvalue weighted by molar-refractivity contribution is -0.147. The Hall–Kier alpha value is -3.28. The number of hydrogen-bond donors (Lipinski definition) is 2. The number of fused-ring (bicyclic) bond motifs is 1. The standard InChI is InChI=1S/C27H24Cl2N2O3/c1-16-9-17(2)11-18(10-16)15-34-27(33)25(12-19-14-30-24-6-4-3-5-21(19)24)31-26(32)22-8-7-20(28)13-23(22)29/h3-11,13-14,25,30H,12,15H2,1-2H3,(H,31,32). The monoisotopic (exact) mass is 494 g/mol. The molecular weight excluding hydrogens is 471 g/mol. The molecule has 1 unspecified atom stereocenters. The van der Waals surface area contributed by atoms with E-state index >= 15 is 0 Å². The topological polar surface area (TPSA) is 71.2 Å². The Morgan fingerprint density at radius 1 is 1.00 bits per heavy atom. The Labute approximate surface area is 208 Å². The van der Waals surface area contributed by atoms with Crippen LogP contribution in [0.2, 0.25) is 10.0 Å². The summed E-state index contributed by atoms with van der Waals surface area (Å²) in [5, 5.41) is 4.41. The smallest absolute Gasteiger partial charge is 0.329 e. The van der Waals surface area contributed by atoms with Crippen molar-refractivity contribution in [1.82, 2.24) is 10.3 Å². The van der Waals surface area contributed by atoms with Crippen LogP contribution in [-0.4, -0.2) is 22.9 Å². The lowest BCUT2D eigenvalue weighted by Crippen LogP contribution is -2.43. The SMILES string of the molecule is Cc1cc(C)cc(COC(=O)C(Cc2c[nH]c3ccccc23)NC(=O)c2ccc(Cl)cc2Cl)c1. The van der Waals surface area contributed by atoms with Crippen LogP contribution in [0.4, 0.5) is 0 Å². The van der Waals surface area contributed by atoms with Gasteiger partial charge in [0.1, 0.15) is 12.6 Å². The maximum atomic E-state index is 13.2. The third kappa shape index (κ3) is 5.61.